The number of rotatable bonds is 7. The molecule has 154 valence electrons. The van der Waals surface area contributed by atoms with E-state index in [-0.39, 0.29) is 36.8 Å². The van der Waals surface area contributed by atoms with Crippen molar-refractivity contribution in [2.75, 3.05) is 23.8 Å². The molecule has 2 aromatic rings. The highest BCUT2D eigenvalue weighted by atomic mass is 35.5. The molecule has 2 unspecified atom stereocenters. The minimum Gasteiger partial charge on any atom is -0.380 e. The van der Waals surface area contributed by atoms with Gasteiger partial charge < -0.3 is 21.1 Å². The van der Waals surface area contributed by atoms with Crippen LogP contribution in [-0.2, 0) is 16.0 Å². The highest BCUT2D eigenvalue weighted by Gasteiger charge is 2.17. The summed E-state index contributed by atoms with van der Waals surface area (Å²) in [5.41, 5.74) is 7.72. The monoisotopic (exact) mass is 429 g/mol. The Morgan fingerprint density at radius 2 is 1.96 bits per heavy atom. The van der Waals surface area contributed by atoms with E-state index >= 15 is 0 Å². The van der Waals surface area contributed by atoms with Crippen LogP contribution in [0.25, 0.3) is 0 Å². The van der Waals surface area contributed by atoms with Gasteiger partial charge in [0.1, 0.15) is 5.82 Å². The first-order valence-electron chi connectivity index (χ1n) is 8.87. The summed E-state index contributed by atoms with van der Waals surface area (Å²) in [6.07, 6.45) is 2.59. The fourth-order valence-electron chi connectivity index (χ4n) is 2.96. The first kappa shape index (κ1) is 24.2. The molecule has 1 aliphatic rings. The Kier molecular flexibility index (Phi) is 10.2. The van der Waals surface area contributed by atoms with Gasteiger partial charge in [0.2, 0.25) is 5.91 Å². The summed E-state index contributed by atoms with van der Waals surface area (Å²) in [5, 5.41) is 5.72. The van der Waals surface area contributed by atoms with Crippen LogP contribution in [0.15, 0.2) is 48.5 Å². The van der Waals surface area contributed by atoms with Crippen LogP contribution < -0.4 is 16.4 Å². The second-order valence-corrected chi connectivity index (χ2v) is 6.50. The number of amides is 1. The standard InChI is InChI=1S/C20H24FN3O2.2ClH/c21-17-12-15(8-9-19(17)23-13-16-7-4-10-26-16)24-20(25)18(22)11-14-5-2-1-3-6-14;;/h1-3,5-6,8-9,12,16,18,23H,4,7,10-11,13,22H2,(H,24,25);2*1H. The fourth-order valence-corrected chi connectivity index (χ4v) is 2.96. The van der Waals surface area contributed by atoms with E-state index in [1.807, 2.05) is 30.3 Å². The van der Waals surface area contributed by atoms with Crippen LogP contribution in [0.3, 0.4) is 0 Å². The lowest BCUT2D eigenvalue weighted by Crippen LogP contribution is -2.37. The molecule has 1 fully saturated rings. The van der Waals surface area contributed by atoms with Gasteiger partial charge in [-0.15, -0.1) is 24.8 Å². The summed E-state index contributed by atoms with van der Waals surface area (Å²) in [6, 6.07) is 13.4. The minimum atomic E-state index is -0.697. The molecule has 1 aliphatic heterocycles. The average molecular weight is 430 g/mol. The quantitative estimate of drug-likeness (QED) is 0.625. The molecule has 0 radical (unpaired) electrons. The van der Waals surface area contributed by atoms with E-state index in [0.717, 1.165) is 25.0 Å². The summed E-state index contributed by atoms with van der Waals surface area (Å²) in [6.45, 7) is 1.34. The molecule has 3 rings (SSSR count). The molecule has 2 aromatic carbocycles. The van der Waals surface area contributed by atoms with Crippen molar-refractivity contribution >= 4 is 42.1 Å². The van der Waals surface area contributed by atoms with Gasteiger partial charge in [0.05, 0.1) is 17.8 Å². The van der Waals surface area contributed by atoms with Gasteiger partial charge in [-0.05, 0) is 43.0 Å². The molecule has 2 atom stereocenters. The van der Waals surface area contributed by atoms with Crippen LogP contribution >= 0.6 is 24.8 Å². The molecule has 1 heterocycles. The number of halogens is 3. The van der Waals surface area contributed by atoms with Gasteiger partial charge >= 0.3 is 0 Å². The third-order valence-electron chi connectivity index (χ3n) is 4.42. The maximum absolute atomic E-state index is 14.2. The maximum atomic E-state index is 14.2. The van der Waals surface area contributed by atoms with Crippen molar-refractivity contribution in [1.29, 1.82) is 0 Å². The van der Waals surface area contributed by atoms with Gasteiger partial charge in [0.25, 0.3) is 0 Å². The van der Waals surface area contributed by atoms with Crippen molar-refractivity contribution in [2.45, 2.75) is 31.4 Å². The normalized spacial score (nSPS) is 16.4. The van der Waals surface area contributed by atoms with Crippen molar-refractivity contribution in [1.82, 2.24) is 0 Å². The van der Waals surface area contributed by atoms with Gasteiger partial charge in [-0.25, -0.2) is 4.39 Å². The molecule has 1 amide bonds. The van der Waals surface area contributed by atoms with Crippen LogP contribution in [0.1, 0.15) is 18.4 Å². The van der Waals surface area contributed by atoms with Gasteiger partial charge in [0, 0.05) is 18.8 Å². The molecule has 0 aromatic heterocycles. The minimum absolute atomic E-state index is 0. The summed E-state index contributed by atoms with van der Waals surface area (Å²) < 4.78 is 19.7. The zero-order valence-corrected chi connectivity index (χ0v) is 17.0. The second kappa shape index (κ2) is 11.9. The summed E-state index contributed by atoms with van der Waals surface area (Å²) in [5.74, 6) is -0.759. The van der Waals surface area contributed by atoms with E-state index < -0.39 is 11.9 Å². The van der Waals surface area contributed by atoms with Gasteiger partial charge in [0.15, 0.2) is 0 Å². The van der Waals surface area contributed by atoms with Gasteiger partial charge in [-0.2, -0.15) is 0 Å². The second-order valence-electron chi connectivity index (χ2n) is 6.50. The molecule has 0 aliphatic carbocycles. The molecule has 4 N–H and O–H groups in total. The molecular formula is C20H26Cl2FN3O2. The van der Waals surface area contributed by atoms with Crippen molar-refractivity contribution in [3.05, 3.63) is 59.9 Å². The number of ether oxygens (including phenoxy) is 1. The summed E-state index contributed by atoms with van der Waals surface area (Å²) in [7, 11) is 0. The molecule has 0 saturated carbocycles. The number of benzene rings is 2. The van der Waals surface area contributed by atoms with Crippen LogP contribution in [-0.4, -0.2) is 31.2 Å². The Labute approximate surface area is 177 Å². The smallest absolute Gasteiger partial charge is 0.241 e. The number of carbonyl (C=O) groups excluding carboxylic acids is 1. The number of anilines is 2. The number of hydrogen-bond donors (Lipinski definition) is 3. The van der Waals surface area contributed by atoms with Crippen LogP contribution in [0.2, 0.25) is 0 Å². The molecule has 8 heteroatoms. The largest absolute Gasteiger partial charge is 0.380 e. The number of nitrogens with two attached hydrogens (primary N) is 1. The van der Waals surface area contributed by atoms with E-state index in [0.29, 0.717) is 24.3 Å². The Morgan fingerprint density at radius 1 is 1.21 bits per heavy atom. The Hall–Kier alpha value is -1.86. The topological polar surface area (TPSA) is 76.4 Å². The molecule has 0 spiro atoms. The van der Waals surface area contributed by atoms with Gasteiger partial charge in [-0.1, -0.05) is 30.3 Å². The molecule has 28 heavy (non-hydrogen) atoms. The Balaban J connectivity index is 0.00000196. The van der Waals surface area contributed by atoms with Crippen LogP contribution in [0, 0.1) is 5.82 Å². The van der Waals surface area contributed by atoms with E-state index in [2.05, 4.69) is 10.6 Å². The first-order valence-corrected chi connectivity index (χ1v) is 8.87. The van der Waals surface area contributed by atoms with E-state index in [1.54, 1.807) is 12.1 Å². The van der Waals surface area contributed by atoms with Gasteiger partial charge in [-0.3, -0.25) is 4.79 Å². The summed E-state index contributed by atoms with van der Waals surface area (Å²) >= 11 is 0. The third kappa shape index (κ3) is 6.95. The van der Waals surface area contributed by atoms with E-state index in [1.165, 1.54) is 6.07 Å². The first-order chi connectivity index (χ1) is 12.6. The van der Waals surface area contributed by atoms with Crippen molar-refractivity contribution in [3.8, 4) is 0 Å². The third-order valence-corrected chi connectivity index (χ3v) is 4.42. The Bertz CT molecular complexity index is 743. The number of hydrogen-bond acceptors (Lipinski definition) is 4. The fraction of sp³-hybridized carbons (Fsp3) is 0.350. The Morgan fingerprint density at radius 3 is 2.61 bits per heavy atom. The lowest BCUT2D eigenvalue weighted by molar-refractivity contribution is -0.117. The number of nitrogens with one attached hydrogen (secondary N) is 2. The predicted molar refractivity (Wildman–Crippen MR) is 115 cm³/mol. The number of carbonyl (C=O) groups is 1. The van der Waals surface area contributed by atoms with E-state index in [9.17, 15) is 9.18 Å². The summed E-state index contributed by atoms with van der Waals surface area (Å²) in [4.78, 5) is 12.2. The van der Waals surface area contributed by atoms with Crippen molar-refractivity contribution in [3.63, 3.8) is 0 Å². The average Bonchev–Trinajstić information content (AvgIpc) is 3.15. The lowest BCUT2D eigenvalue weighted by Gasteiger charge is -2.15. The van der Waals surface area contributed by atoms with Crippen LogP contribution in [0.4, 0.5) is 15.8 Å². The maximum Gasteiger partial charge on any atom is 0.241 e. The van der Waals surface area contributed by atoms with Crippen molar-refractivity contribution < 1.29 is 13.9 Å². The highest BCUT2D eigenvalue weighted by Crippen LogP contribution is 2.20. The zero-order valence-electron chi connectivity index (χ0n) is 15.4. The SMILES string of the molecule is Cl.Cl.NC(Cc1ccccc1)C(=O)Nc1ccc(NCC2CCCO2)c(F)c1. The molecular weight excluding hydrogens is 404 g/mol. The lowest BCUT2D eigenvalue weighted by atomic mass is 10.1. The zero-order chi connectivity index (χ0) is 18.4. The van der Waals surface area contributed by atoms with Crippen molar-refractivity contribution in [2.24, 2.45) is 5.73 Å². The van der Waals surface area contributed by atoms with Crippen LogP contribution in [0.5, 0.6) is 0 Å². The molecule has 5 nitrogen and oxygen atoms in total. The highest BCUT2D eigenvalue weighted by molar-refractivity contribution is 5.95. The predicted octanol–water partition coefficient (Wildman–Crippen LogP) is 3.77. The van der Waals surface area contributed by atoms with E-state index in [4.69, 9.17) is 10.5 Å². The molecule has 1 saturated heterocycles. The molecule has 0 bridgehead atoms.